The summed E-state index contributed by atoms with van der Waals surface area (Å²) in [6.45, 7) is 3.39. The minimum atomic E-state index is -2.84. The van der Waals surface area contributed by atoms with Gasteiger partial charge in [0.1, 0.15) is 11.5 Å². The van der Waals surface area contributed by atoms with Crippen molar-refractivity contribution >= 4 is 9.84 Å². The van der Waals surface area contributed by atoms with Gasteiger partial charge in [0.25, 0.3) is 0 Å². The van der Waals surface area contributed by atoms with Crippen molar-refractivity contribution in [3.63, 3.8) is 0 Å². The van der Waals surface area contributed by atoms with Crippen LogP contribution in [0.4, 0.5) is 0 Å². The Morgan fingerprint density at radius 1 is 1.42 bits per heavy atom. The number of nitrogens with one attached hydrogen (secondary N) is 1. The first-order chi connectivity index (χ1) is 9.06. The van der Waals surface area contributed by atoms with Gasteiger partial charge in [-0.3, -0.25) is 0 Å². The molecule has 2 aliphatic rings. The van der Waals surface area contributed by atoms with E-state index < -0.39 is 9.84 Å². The molecule has 1 saturated heterocycles. The maximum Gasteiger partial charge on any atom is 0.154 e. The van der Waals surface area contributed by atoms with Gasteiger partial charge in [0.2, 0.25) is 0 Å². The van der Waals surface area contributed by atoms with Crippen LogP contribution in [0.15, 0.2) is 16.5 Å². The molecule has 3 atom stereocenters. The molecule has 3 unspecified atom stereocenters. The lowest BCUT2D eigenvalue weighted by Crippen LogP contribution is -2.30. The second-order valence-corrected chi connectivity index (χ2v) is 8.29. The minimum absolute atomic E-state index is 0.203. The van der Waals surface area contributed by atoms with Crippen molar-refractivity contribution in [3.8, 4) is 0 Å². The fourth-order valence-corrected chi connectivity index (χ4v) is 4.65. The lowest BCUT2D eigenvalue weighted by atomic mass is 10.2. The van der Waals surface area contributed by atoms with Crippen LogP contribution in [0.25, 0.3) is 0 Å². The molecule has 1 N–H and O–H groups in total. The summed E-state index contributed by atoms with van der Waals surface area (Å²) >= 11 is 0. The highest BCUT2D eigenvalue weighted by Crippen LogP contribution is 2.47. The average Bonchev–Trinajstić information content (AvgIpc) is 2.77. The number of rotatable bonds is 5. The van der Waals surface area contributed by atoms with Crippen molar-refractivity contribution in [3.05, 3.63) is 23.7 Å². The van der Waals surface area contributed by atoms with Gasteiger partial charge in [-0.2, -0.15) is 0 Å². The summed E-state index contributed by atoms with van der Waals surface area (Å²) in [5.74, 6) is 3.69. The fraction of sp³-hybridized carbons (Fsp3) is 0.714. The van der Waals surface area contributed by atoms with Crippen LogP contribution in [-0.2, 0) is 16.4 Å². The Bertz CT molecular complexity index is 549. The highest BCUT2D eigenvalue weighted by Gasteiger charge is 2.36. The molecule has 4 nitrogen and oxygen atoms in total. The normalized spacial score (nSPS) is 32.6. The van der Waals surface area contributed by atoms with Crippen molar-refractivity contribution in [2.24, 2.45) is 5.92 Å². The monoisotopic (exact) mass is 283 g/mol. The first-order valence-corrected chi connectivity index (χ1v) is 8.79. The molecule has 0 aromatic carbocycles. The van der Waals surface area contributed by atoms with Gasteiger partial charge in [-0.05, 0) is 37.3 Å². The van der Waals surface area contributed by atoms with Crippen LogP contribution in [0.2, 0.25) is 0 Å². The Hall–Kier alpha value is -0.810. The van der Waals surface area contributed by atoms with Gasteiger partial charge < -0.3 is 9.73 Å². The summed E-state index contributed by atoms with van der Waals surface area (Å²) in [6, 6.07) is 4.05. The summed E-state index contributed by atoms with van der Waals surface area (Å²) in [5, 5.41) is 3.01. The van der Waals surface area contributed by atoms with Crippen LogP contribution in [0.1, 0.15) is 43.6 Å². The Labute approximate surface area is 114 Å². The van der Waals surface area contributed by atoms with E-state index in [1.54, 1.807) is 0 Å². The van der Waals surface area contributed by atoms with Crippen molar-refractivity contribution in [2.75, 3.05) is 12.3 Å². The lowest BCUT2D eigenvalue weighted by Gasteiger charge is -2.09. The summed E-state index contributed by atoms with van der Waals surface area (Å²) in [7, 11) is -2.84. The van der Waals surface area contributed by atoms with Gasteiger partial charge in [-0.15, -0.1) is 0 Å². The van der Waals surface area contributed by atoms with Gasteiger partial charge in [0.05, 0.1) is 17.5 Å². The van der Waals surface area contributed by atoms with Gasteiger partial charge in [-0.25, -0.2) is 8.42 Å². The molecule has 0 bridgehead atoms. The maximum absolute atomic E-state index is 11.7. The largest absolute Gasteiger partial charge is 0.464 e. The topological polar surface area (TPSA) is 59.3 Å². The van der Waals surface area contributed by atoms with E-state index in [4.69, 9.17) is 4.42 Å². The van der Waals surface area contributed by atoms with Gasteiger partial charge in [0, 0.05) is 12.5 Å². The highest BCUT2D eigenvalue weighted by molar-refractivity contribution is 7.92. The molecule has 1 aliphatic heterocycles. The first-order valence-electron chi connectivity index (χ1n) is 7.07. The van der Waals surface area contributed by atoms with Gasteiger partial charge in [0.15, 0.2) is 9.84 Å². The first kappa shape index (κ1) is 13.2. The summed E-state index contributed by atoms with van der Waals surface area (Å²) in [5.41, 5.74) is 0. The minimum Gasteiger partial charge on any atom is -0.464 e. The van der Waals surface area contributed by atoms with E-state index in [9.17, 15) is 8.42 Å². The van der Waals surface area contributed by atoms with E-state index in [0.29, 0.717) is 24.8 Å². The third-order valence-corrected chi connectivity index (χ3v) is 6.57. The molecule has 0 spiro atoms. The molecule has 0 radical (unpaired) electrons. The molecule has 1 aromatic rings. The predicted molar refractivity (Wildman–Crippen MR) is 73.7 cm³/mol. The number of hydrogen-bond donors (Lipinski definition) is 1. The van der Waals surface area contributed by atoms with E-state index in [-0.39, 0.29) is 5.25 Å². The third-order valence-electron chi connectivity index (χ3n) is 4.29. The SMILES string of the molecule is CC1CC1c1ccc(CNCC2CCCS2(=O)=O)o1. The number of furan rings is 1. The van der Waals surface area contributed by atoms with E-state index in [2.05, 4.69) is 18.3 Å². The van der Waals surface area contributed by atoms with E-state index in [1.807, 2.05) is 6.07 Å². The zero-order valence-corrected chi connectivity index (χ0v) is 12.1. The number of hydrogen-bond acceptors (Lipinski definition) is 4. The smallest absolute Gasteiger partial charge is 0.154 e. The van der Waals surface area contributed by atoms with Crippen molar-refractivity contribution in [2.45, 2.75) is 43.9 Å². The molecule has 1 aliphatic carbocycles. The Balaban J connectivity index is 1.49. The Kier molecular flexibility index (Phi) is 3.43. The molecule has 1 aromatic heterocycles. The van der Waals surface area contributed by atoms with Crippen molar-refractivity contribution < 1.29 is 12.8 Å². The van der Waals surface area contributed by atoms with Crippen molar-refractivity contribution in [1.82, 2.24) is 5.32 Å². The van der Waals surface area contributed by atoms with E-state index in [1.165, 1.54) is 6.42 Å². The van der Waals surface area contributed by atoms with Crippen LogP contribution in [0.5, 0.6) is 0 Å². The molecular formula is C14H21NO3S. The fourth-order valence-electron chi connectivity index (χ4n) is 2.85. The zero-order chi connectivity index (χ0) is 13.5. The Morgan fingerprint density at radius 3 is 2.84 bits per heavy atom. The molecule has 5 heteroatoms. The maximum atomic E-state index is 11.7. The molecule has 3 rings (SSSR count). The predicted octanol–water partition coefficient (Wildman–Crippen LogP) is 2.07. The van der Waals surface area contributed by atoms with Gasteiger partial charge in [-0.1, -0.05) is 6.92 Å². The van der Waals surface area contributed by atoms with Crippen LogP contribution >= 0.6 is 0 Å². The molecule has 106 valence electrons. The standard InChI is InChI=1S/C14H21NO3S/c1-10-7-13(10)14-5-4-11(18-14)8-15-9-12-3-2-6-19(12,16)17/h4-5,10,12-13,15H,2-3,6-9H2,1H3. The second kappa shape index (κ2) is 4.94. The van der Waals surface area contributed by atoms with Crippen LogP contribution in [-0.4, -0.2) is 26.0 Å². The number of sulfone groups is 1. The summed E-state index contributed by atoms with van der Waals surface area (Å²) in [4.78, 5) is 0. The molecule has 2 heterocycles. The summed E-state index contributed by atoms with van der Waals surface area (Å²) < 4.78 is 29.1. The van der Waals surface area contributed by atoms with E-state index in [0.717, 1.165) is 30.3 Å². The Morgan fingerprint density at radius 2 is 2.21 bits per heavy atom. The van der Waals surface area contributed by atoms with E-state index >= 15 is 0 Å². The van der Waals surface area contributed by atoms with Gasteiger partial charge >= 0.3 is 0 Å². The van der Waals surface area contributed by atoms with Crippen LogP contribution < -0.4 is 5.32 Å². The second-order valence-electron chi connectivity index (χ2n) is 5.89. The molecular weight excluding hydrogens is 262 g/mol. The quantitative estimate of drug-likeness (QED) is 0.898. The molecule has 0 amide bonds. The van der Waals surface area contributed by atoms with Crippen LogP contribution in [0.3, 0.4) is 0 Å². The molecule has 19 heavy (non-hydrogen) atoms. The molecule has 1 saturated carbocycles. The zero-order valence-electron chi connectivity index (χ0n) is 11.3. The average molecular weight is 283 g/mol. The molecule has 2 fully saturated rings. The summed E-state index contributed by atoms with van der Waals surface area (Å²) in [6.07, 6.45) is 2.82. The third kappa shape index (κ3) is 2.87. The lowest BCUT2D eigenvalue weighted by molar-refractivity contribution is 0.442. The highest BCUT2D eigenvalue weighted by atomic mass is 32.2. The van der Waals surface area contributed by atoms with Crippen LogP contribution in [0, 0.1) is 5.92 Å². The van der Waals surface area contributed by atoms with Crippen molar-refractivity contribution in [1.29, 1.82) is 0 Å².